The summed E-state index contributed by atoms with van der Waals surface area (Å²) in [5, 5.41) is 9.22. The van der Waals surface area contributed by atoms with Gasteiger partial charge >= 0.3 is 5.97 Å². The molecule has 0 heterocycles. The standard InChI is InChI=1S/C25H40O3/c1-2-3-4-5-6-7-8-9-10-11-12-13-14-15-16-17-22-28-25(27)23-18-20-24(26)21-19-23/h2-3,18-21,26H,4-17,22H2,1H3/b3-2+. The minimum atomic E-state index is -0.308. The summed E-state index contributed by atoms with van der Waals surface area (Å²) in [6.07, 6.45) is 22.6. The Morgan fingerprint density at radius 3 is 1.75 bits per heavy atom. The van der Waals surface area contributed by atoms with Gasteiger partial charge in [-0.15, -0.1) is 0 Å². The second-order valence-electron chi connectivity index (χ2n) is 7.64. The zero-order valence-corrected chi connectivity index (χ0v) is 17.8. The number of phenolic OH excluding ortho intramolecular Hbond substituents is 1. The van der Waals surface area contributed by atoms with Crippen LogP contribution in [0.3, 0.4) is 0 Å². The molecule has 0 bridgehead atoms. The van der Waals surface area contributed by atoms with E-state index in [-0.39, 0.29) is 11.7 Å². The first-order valence-corrected chi connectivity index (χ1v) is 11.3. The summed E-state index contributed by atoms with van der Waals surface area (Å²) >= 11 is 0. The van der Waals surface area contributed by atoms with Crippen molar-refractivity contribution in [2.24, 2.45) is 0 Å². The Labute approximate surface area is 172 Å². The van der Waals surface area contributed by atoms with E-state index in [4.69, 9.17) is 4.74 Å². The molecule has 0 aliphatic rings. The molecule has 3 nitrogen and oxygen atoms in total. The number of aromatic hydroxyl groups is 1. The van der Waals surface area contributed by atoms with Crippen molar-refractivity contribution in [1.29, 1.82) is 0 Å². The van der Waals surface area contributed by atoms with Gasteiger partial charge in [0.2, 0.25) is 0 Å². The highest BCUT2D eigenvalue weighted by Gasteiger charge is 2.06. The van der Waals surface area contributed by atoms with E-state index in [0.29, 0.717) is 12.2 Å². The van der Waals surface area contributed by atoms with E-state index in [1.165, 1.54) is 89.2 Å². The van der Waals surface area contributed by atoms with Crippen molar-refractivity contribution in [3.05, 3.63) is 42.0 Å². The van der Waals surface area contributed by atoms with Crippen LogP contribution < -0.4 is 0 Å². The smallest absolute Gasteiger partial charge is 0.338 e. The van der Waals surface area contributed by atoms with Gasteiger partial charge in [0.1, 0.15) is 5.75 Å². The molecule has 0 fully saturated rings. The lowest BCUT2D eigenvalue weighted by Gasteiger charge is -2.05. The SMILES string of the molecule is C/C=C/CCCCCCCCCCCCCCCOC(=O)c1ccc(O)cc1. The molecule has 0 unspecified atom stereocenters. The summed E-state index contributed by atoms with van der Waals surface area (Å²) in [6, 6.07) is 6.18. The van der Waals surface area contributed by atoms with Gasteiger partial charge in [0.15, 0.2) is 0 Å². The van der Waals surface area contributed by atoms with Gasteiger partial charge in [-0.25, -0.2) is 4.79 Å². The lowest BCUT2D eigenvalue weighted by Crippen LogP contribution is -2.06. The van der Waals surface area contributed by atoms with Crippen molar-refractivity contribution in [1.82, 2.24) is 0 Å². The van der Waals surface area contributed by atoms with Gasteiger partial charge in [0, 0.05) is 0 Å². The van der Waals surface area contributed by atoms with Gasteiger partial charge < -0.3 is 9.84 Å². The van der Waals surface area contributed by atoms with E-state index in [0.717, 1.165) is 12.8 Å². The van der Waals surface area contributed by atoms with Crippen molar-refractivity contribution in [3.8, 4) is 5.75 Å². The summed E-state index contributed by atoms with van der Waals surface area (Å²) in [6.45, 7) is 2.58. The maximum atomic E-state index is 11.8. The predicted octanol–water partition coefficient (Wildman–Crippen LogP) is 7.59. The number of phenols is 1. The fraction of sp³-hybridized carbons (Fsp3) is 0.640. The van der Waals surface area contributed by atoms with Crippen molar-refractivity contribution < 1.29 is 14.6 Å². The molecular formula is C25H40O3. The number of unbranched alkanes of at least 4 members (excludes halogenated alkanes) is 13. The zero-order chi connectivity index (χ0) is 20.3. The molecule has 28 heavy (non-hydrogen) atoms. The van der Waals surface area contributed by atoms with E-state index >= 15 is 0 Å². The number of esters is 1. The molecule has 0 atom stereocenters. The molecule has 1 N–H and O–H groups in total. The van der Waals surface area contributed by atoms with E-state index in [1.54, 1.807) is 12.1 Å². The van der Waals surface area contributed by atoms with E-state index in [2.05, 4.69) is 19.1 Å². The Morgan fingerprint density at radius 2 is 1.25 bits per heavy atom. The number of carbonyl (C=O) groups excluding carboxylic acids is 1. The quantitative estimate of drug-likeness (QED) is 0.170. The summed E-state index contributed by atoms with van der Waals surface area (Å²) in [5.74, 6) is -0.148. The minimum Gasteiger partial charge on any atom is -0.508 e. The summed E-state index contributed by atoms with van der Waals surface area (Å²) < 4.78 is 5.26. The van der Waals surface area contributed by atoms with Crippen LogP contribution in [0.25, 0.3) is 0 Å². The Bertz CT molecular complexity index is 519. The van der Waals surface area contributed by atoms with Crippen LogP contribution in [0.5, 0.6) is 5.75 Å². The summed E-state index contributed by atoms with van der Waals surface area (Å²) in [5.41, 5.74) is 0.492. The van der Waals surface area contributed by atoms with Gasteiger partial charge in [0.05, 0.1) is 12.2 Å². The Hall–Kier alpha value is -1.77. The third-order valence-corrected chi connectivity index (χ3v) is 5.09. The highest BCUT2D eigenvalue weighted by molar-refractivity contribution is 5.89. The fourth-order valence-corrected chi connectivity index (χ4v) is 3.32. The van der Waals surface area contributed by atoms with Gasteiger partial charge in [-0.05, 0) is 50.5 Å². The van der Waals surface area contributed by atoms with Gasteiger partial charge in [-0.3, -0.25) is 0 Å². The number of benzene rings is 1. The van der Waals surface area contributed by atoms with E-state index in [9.17, 15) is 9.90 Å². The first-order valence-electron chi connectivity index (χ1n) is 11.3. The van der Waals surface area contributed by atoms with Gasteiger partial charge in [-0.2, -0.15) is 0 Å². The lowest BCUT2D eigenvalue weighted by atomic mass is 10.0. The zero-order valence-electron chi connectivity index (χ0n) is 17.8. The second kappa shape index (κ2) is 17.3. The normalized spacial score (nSPS) is 11.2. The number of rotatable bonds is 17. The van der Waals surface area contributed by atoms with Crippen molar-refractivity contribution in [2.45, 2.75) is 96.8 Å². The van der Waals surface area contributed by atoms with Crippen molar-refractivity contribution in [2.75, 3.05) is 6.61 Å². The Balaban J connectivity index is 1.79. The third-order valence-electron chi connectivity index (χ3n) is 5.09. The summed E-state index contributed by atoms with van der Waals surface area (Å²) in [7, 11) is 0. The molecule has 3 heteroatoms. The van der Waals surface area contributed by atoms with Crippen LogP contribution in [0.4, 0.5) is 0 Å². The first kappa shape index (κ1) is 24.3. The molecule has 158 valence electrons. The molecule has 0 amide bonds. The number of carbonyl (C=O) groups is 1. The van der Waals surface area contributed by atoms with Crippen LogP contribution in [-0.4, -0.2) is 17.7 Å². The average Bonchev–Trinajstić information content (AvgIpc) is 2.70. The largest absolute Gasteiger partial charge is 0.508 e. The Morgan fingerprint density at radius 1 is 0.786 bits per heavy atom. The average molecular weight is 389 g/mol. The van der Waals surface area contributed by atoms with Crippen LogP contribution in [0.2, 0.25) is 0 Å². The molecule has 1 aromatic carbocycles. The van der Waals surface area contributed by atoms with Crippen molar-refractivity contribution in [3.63, 3.8) is 0 Å². The van der Waals surface area contributed by atoms with Crippen molar-refractivity contribution >= 4 is 5.97 Å². The molecule has 1 rings (SSSR count). The number of hydrogen-bond acceptors (Lipinski definition) is 3. The number of allylic oxidation sites excluding steroid dienone is 2. The second-order valence-corrected chi connectivity index (χ2v) is 7.64. The predicted molar refractivity (Wildman–Crippen MR) is 118 cm³/mol. The topological polar surface area (TPSA) is 46.5 Å². The van der Waals surface area contributed by atoms with Crippen LogP contribution in [0, 0.1) is 0 Å². The van der Waals surface area contributed by atoms with Crippen LogP contribution in [0.15, 0.2) is 36.4 Å². The third kappa shape index (κ3) is 13.4. The maximum Gasteiger partial charge on any atom is 0.338 e. The van der Waals surface area contributed by atoms with Crippen LogP contribution >= 0.6 is 0 Å². The maximum absolute atomic E-state index is 11.8. The van der Waals surface area contributed by atoms with Gasteiger partial charge in [0.25, 0.3) is 0 Å². The van der Waals surface area contributed by atoms with Crippen LogP contribution in [-0.2, 0) is 4.74 Å². The van der Waals surface area contributed by atoms with E-state index in [1.807, 2.05) is 0 Å². The monoisotopic (exact) mass is 388 g/mol. The highest BCUT2D eigenvalue weighted by atomic mass is 16.5. The number of hydrogen-bond donors (Lipinski definition) is 1. The highest BCUT2D eigenvalue weighted by Crippen LogP contribution is 2.14. The Kier molecular flexibility index (Phi) is 15.0. The molecule has 0 aliphatic carbocycles. The van der Waals surface area contributed by atoms with Gasteiger partial charge in [-0.1, -0.05) is 82.8 Å². The fourth-order valence-electron chi connectivity index (χ4n) is 3.32. The molecule has 0 saturated heterocycles. The minimum absolute atomic E-state index is 0.159. The first-order chi connectivity index (χ1) is 13.7. The van der Waals surface area contributed by atoms with Crippen LogP contribution in [0.1, 0.15) is 107 Å². The van der Waals surface area contributed by atoms with E-state index < -0.39 is 0 Å². The number of ether oxygens (including phenoxy) is 1. The lowest BCUT2D eigenvalue weighted by molar-refractivity contribution is 0.0497. The summed E-state index contributed by atoms with van der Waals surface area (Å²) in [4.78, 5) is 11.8. The molecule has 1 aromatic rings. The molecule has 0 saturated carbocycles. The molecule has 0 radical (unpaired) electrons. The molecule has 0 spiro atoms. The molecule has 0 aliphatic heterocycles. The molecule has 0 aromatic heterocycles. The molecular weight excluding hydrogens is 348 g/mol.